The van der Waals surface area contributed by atoms with E-state index in [4.69, 9.17) is 9.47 Å². The highest BCUT2D eigenvalue weighted by Gasteiger charge is 2.26. The number of carbonyl (C=O) groups excluding carboxylic acids is 2. The topological polar surface area (TPSA) is 85.7 Å². The van der Waals surface area contributed by atoms with Crippen molar-refractivity contribution in [2.75, 3.05) is 7.11 Å². The molecule has 7 heteroatoms. The molecule has 2 rings (SSSR count). The molecule has 29 heavy (non-hydrogen) atoms. The Morgan fingerprint density at radius 3 is 2.52 bits per heavy atom. The SMILES string of the molecule is COc1ccnc(C(=O)C[C@@H](C)C(=O)O[C@@H](C)[C@H](C)c2ccc(F)cc2C)c1O. The maximum absolute atomic E-state index is 13.3. The summed E-state index contributed by atoms with van der Waals surface area (Å²) in [5.41, 5.74) is 1.52. The van der Waals surface area contributed by atoms with Gasteiger partial charge < -0.3 is 14.6 Å². The number of hydrogen-bond acceptors (Lipinski definition) is 6. The van der Waals surface area contributed by atoms with Crippen molar-refractivity contribution in [2.24, 2.45) is 5.92 Å². The lowest BCUT2D eigenvalue weighted by Gasteiger charge is -2.24. The Bertz CT molecular complexity index is 899. The summed E-state index contributed by atoms with van der Waals surface area (Å²) in [7, 11) is 1.37. The van der Waals surface area contributed by atoms with Gasteiger partial charge in [-0.05, 0) is 37.1 Å². The first-order valence-electron chi connectivity index (χ1n) is 9.37. The number of pyridine rings is 1. The molecule has 2 aromatic rings. The van der Waals surface area contributed by atoms with Crippen molar-refractivity contribution in [1.29, 1.82) is 0 Å². The Balaban J connectivity index is 2.02. The van der Waals surface area contributed by atoms with Gasteiger partial charge in [0.25, 0.3) is 0 Å². The molecular weight excluding hydrogens is 377 g/mol. The predicted octanol–water partition coefficient (Wildman–Crippen LogP) is 4.19. The zero-order valence-electron chi connectivity index (χ0n) is 17.2. The Morgan fingerprint density at radius 2 is 1.90 bits per heavy atom. The number of carbonyl (C=O) groups is 2. The highest BCUT2D eigenvalue weighted by molar-refractivity contribution is 5.99. The van der Waals surface area contributed by atoms with Crippen LogP contribution >= 0.6 is 0 Å². The van der Waals surface area contributed by atoms with E-state index in [0.717, 1.165) is 11.1 Å². The maximum atomic E-state index is 13.3. The van der Waals surface area contributed by atoms with Crippen molar-refractivity contribution in [2.45, 2.75) is 46.1 Å². The van der Waals surface area contributed by atoms with Crippen LogP contribution in [0.5, 0.6) is 11.5 Å². The van der Waals surface area contributed by atoms with Crippen LogP contribution in [-0.2, 0) is 9.53 Å². The van der Waals surface area contributed by atoms with Crippen LogP contribution in [0.2, 0.25) is 0 Å². The third-order valence-electron chi connectivity index (χ3n) is 4.99. The van der Waals surface area contributed by atoms with E-state index in [9.17, 15) is 19.1 Å². The summed E-state index contributed by atoms with van der Waals surface area (Å²) >= 11 is 0. The first-order valence-corrected chi connectivity index (χ1v) is 9.37. The summed E-state index contributed by atoms with van der Waals surface area (Å²) in [6, 6.07) is 5.94. The summed E-state index contributed by atoms with van der Waals surface area (Å²) in [6.45, 7) is 7.04. The molecule has 0 aliphatic carbocycles. The lowest BCUT2D eigenvalue weighted by atomic mass is 9.92. The number of aromatic hydroxyl groups is 1. The number of ketones is 1. The van der Waals surface area contributed by atoms with E-state index in [2.05, 4.69) is 4.98 Å². The normalized spacial score (nSPS) is 14.0. The minimum absolute atomic E-state index is 0.135. The van der Waals surface area contributed by atoms with E-state index < -0.39 is 23.8 Å². The van der Waals surface area contributed by atoms with Gasteiger partial charge in [0.2, 0.25) is 0 Å². The van der Waals surface area contributed by atoms with Gasteiger partial charge in [0, 0.05) is 24.6 Å². The third kappa shape index (κ3) is 5.31. The van der Waals surface area contributed by atoms with Crippen LogP contribution in [0.1, 0.15) is 54.7 Å². The van der Waals surface area contributed by atoms with Crippen molar-refractivity contribution in [1.82, 2.24) is 4.98 Å². The number of halogens is 1. The number of hydrogen-bond donors (Lipinski definition) is 1. The molecule has 1 aromatic carbocycles. The molecule has 0 bridgehead atoms. The number of aryl methyl sites for hydroxylation is 1. The third-order valence-corrected chi connectivity index (χ3v) is 4.99. The molecular formula is C22H26FNO5. The second-order valence-electron chi connectivity index (χ2n) is 7.17. The molecule has 0 unspecified atom stereocenters. The Labute approximate surface area is 169 Å². The zero-order valence-corrected chi connectivity index (χ0v) is 17.2. The van der Waals surface area contributed by atoms with E-state index in [0.29, 0.717) is 0 Å². The van der Waals surface area contributed by atoms with Crippen LogP contribution in [0.3, 0.4) is 0 Å². The summed E-state index contributed by atoms with van der Waals surface area (Å²) in [5, 5.41) is 10.0. The van der Waals surface area contributed by atoms with Crippen molar-refractivity contribution in [3.63, 3.8) is 0 Å². The maximum Gasteiger partial charge on any atom is 0.309 e. The summed E-state index contributed by atoms with van der Waals surface area (Å²) < 4.78 is 23.8. The van der Waals surface area contributed by atoms with E-state index in [1.165, 1.54) is 31.5 Å². The van der Waals surface area contributed by atoms with Gasteiger partial charge in [-0.2, -0.15) is 0 Å². The molecule has 0 amide bonds. The predicted molar refractivity (Wildman–Crippen MR) is 106 cm³/mol. The second-order valence-corrected chi connectivity index (χ2v) is 7.17. The van der Waals surface area contributed by atoms with Gasteiger partial charge >= 0.3 is 5.97 Å². The smallest absolute Gasteiger partial charge is 0.309 e. The fourth-order valence-corrected chi connectivity index (χ4v) is 3.07. The number of rotatable bonds is 8. The molecule has 3 atom stereocenters. The van der Waals surface area contributed by atoms with E-state index in [1.54, 1.807) is 26.8 Å². The molecule has 1 aromatic heterocycles. The molecule has 0 aliphatic rings. The first kappa shape index (κ1) is 22.3. The summed E-state index contributed by atoms with van der Waals surface area (Å²) in [5.74, 6) is -2.42. The van der Waals surface area contributed by atoms with Crippen molar-refractivity contribution in [3.8, 4) is 11.5 Å². The van der Waals surface area contributed by atoms with Crippen LogP contribution in [0.15, 0.2) is 30.5 Å². The number of ether oxygens (including phenoxy) is 2. The van der Waals surface area contributed by atoms with Crippen LogP contribution < -0.4 is 4.74 Å². The molecule has 156 valence electrons. The van der Waals surface area contributed by atoms with Crippen molar-refractivity contribution >= 4 is 11.8 Å². The number of benzene rings is 1. The van der Waals surface area contributed by atoms with E-state index in [-0.39, 0.29) is 35.3 Å². The summed E-state index contributed by atoms with van der Waals surface area (Å²) in [4.78, 5) is 28.8. The van der Waals surface area contributed by atoms with Gasteiger partial charge in [0.05, 0.1) is 13.0 Å². The largest absolute Gasteiger partial charge is 0.503 e. The quantitative estimate of drug-likeness (QED) is 0.525. The van der Waals surface area contributed by atoms with Gasteiger partial charge in [0.15, 0.2) is 23.0 Å². The lowest BCUT2D eigenvalue weighted by Crippen LogP contribution is -2.26. The van der Waals surface area contributed by atoms with E-state index >= 15 is 0 Å². The fourth-order valence-electron chi connectivity index (χ4n) is 3.07. The average Bonchev–Trinajstić information content (AvgIpc) is 2.67. The molecule has 1 heterocycles. The minimum Gasteiger partial charge on any atom is -0.503 e. The number of nitrogens with zero attached hydrogens (tertiary/aromatic N) is 1. The molecule has 6 nitrogen and oxygen atoms in total. The van der Waals surface area contributed by atoms with Gasteiger partial charge in [-0.1, -0.05) is 19.9 Å². The van der Waals surface area contributed by atoms with Gasteiger partial charge in [0.1, 0.15) is 11.9 Å². The van der Waals surface area contributed by atoms with Crippen molar-refractivity contribution < 1.29 is 28.6 Å². The standard InChI is InChI=1S/C22H26FNO5/c1-12-10-16(23)6-7-17(12)14(3)15(4)29-22(27)13(2)11-18(25)20-21(26)19(28-5)8-9-24-20/h6-10,13-15,26H,11H2,1-5H3/t13-,14+,15+/m1/s1. The number of methoxy groups -OCH3 is 1. The molecule has 0 aliphatic heterocycles. The number of esters is 1. The molecule has 0 saturated carbocycles. The highest BCUT2D eigenvalue weighted by atomic mass is 19.1. The Hall–Kier alpha value is -2.96. The highest BCUT2D eigenvalue weighted by Crippen LogP contribution is 2.30. The van der Waals surface area contributed by atoms with Crippen LogP contribution in [-0.4, -0.2) is 35.1 Å². The molecule has 0 radical (unpaired) electrons. The fraction of sp³-hybridized carbons (Fsp3) is 0.409. The molecule has 0 spiro atoms. The summed E-state index contributed by atoms with van der Waals surface area (Å²) in [6.07, 6.45) is 0.722. The minimum atomic E-state index is -0.723. The molecule has 0 fully saturated rings. The van der Waals surface area contributed by atoms with Crippen molar-refractivity contribution in [3.05, 3.63) is 53.1 Å². The van der Waals surface area contributed by atoms with Crippen LogP contribution in [0.25, 0.3) is 0 Å². The van der Waals surface area contributed by atoms with Gasteiger partial charge in [-0.25, -0.2) is 9.37 Å². The monoisotopic (exact) mass is 403 g/mol. The van der Waals surface area contributed by atoms with E-state index in [1.807, 2.05) is 6.92 Å². The number of Topliss-reactive ketones (excluding diaryl/α,β-unsaturated/α-hetero) is 1. The Morgan fingerprint density at radius 1 is 1.21 bits per heavy atom. The lowest BCUT2D eigenvalue weighted by molar-refractivity contribution is -0.153. The van der Waals surface area contributed by atoms with Gasteiger partial charge in [-0.15, -0.1) is 0 Å². The Kier molecular flexibility index (Phi) is 7.31. The first-order chi connectivity index (χ1) is 13.6. The zero-order chi connectivity index (χ0) is 21.7. The van der Waals surface area contributed by atoms with Gasteiger partial charge in [-0.3, -0.25) is 9.59 Å². The number of aromatic nitrogens is 1. The van der Waals surface area contributed by atoms with Crippen LogP contribution in [0, 0.1) is 18.7 Å². The molecule has 0 saturated heterocycles. The second kappa shape index (κ2) is 9.49. The average molecular weight is 403 g/mol. The molecule has 1 N–H and O–H groups in total. The van der Waals surface area contributed by atoms with Crippen LogP contribution in [0.4, 0.5) is 4.39 Å².